The van der Waals surface area contributed by atoms with E-state index in [0.717, 1.165) is 0 Å². The van der Waals surface area contributed by atoms with E-state index in [0.29, 0.717) is 0 Å². The zero-order valence-electron chi connectivity index (χ0n) is 13.9. The molecule has 0 bridgehead atoms. The summed E-state index contributed by atoms with van der Waals surface area (Å²) in [6, 6.07) is 0. The smallest absolute Gasteiger partial charge is 0.411 e. The fourth-order valence-corrected chi connectivity index (χ4v) is 1.49. The first-order valence-electron chi connectivity index (χ1n) is 6.68. The zero-order valence-corrected chi connectivity index (χ0v) is 13.9. The first kappa shape index (κ1) is 29.0. The number of carbonyl (C=O) groups excluding carboxylic acids is 1. The summed E-state index contributed by atoms with van der Waals surface area (Å²) in [5.74, 6) is -53.2. The molecular formula is C12H5F17O2. The van der Waals surface area contributed by atoms with Crippen LogP contribution in [-0.4, -0.2) is 53.8 Å². The fourth-order valence-electron chi connectivity index (χ4n) is 1.49. The number of rotatable bonds is 7. The number of alkyl halides is 17. The lowest BCUT2D eigenvalue weighted by Gasteiger charge is -2.43. The summed E-state index contributed by atoms with van der Waals surface area (Å²) in [5.41, 5.74) is -1.48. The standard InChI is InChI=1S/C12H5F17O2/c1-3(2)4(30)31-10(23,12(27,28)29)8(19,20)6(15,16)5(13,14)7(17,18)9(21,22)11(24,25)26/h1H2,2H3. The van der Waals surface area contributed by atoms with Crippen LogP contribution in [0.4, 0.5) is 74.6 Å². The summed E-state index contributed by atoms with van der Waals surface area (Å²) in [6.45, 7) is 2.65. The summed E-state index contributed by atoms with van der Waals surface area (Å²) >= 11 is 0. The molecule has 0 aliphatic carbocycles. The van der Waals surface area contributed by atoms with Crippen molar-refractivity contribution in [1.29, 1.82) is 0 Å². The molecule has 0 heterocycles. The van der Waals surface area contributed by atoms with Gasteiger partial charge in [0.2, 0.25) is 0 Å². The van der Waals surface area contributed by atoms with Gasteiger partial charge in [0.1, 0.15) is 0 Å². The second kappa shape index (κ2) is 7.28. The molecule has 0 spiro atoms. The van der Waals surface area contributed by atoms with E-state index < -0.39 is 59.4 Å². The Morgan fingerprint density at radius 1 is 0.548 bits per heavy atom. The van der Waals surface area contributed by atoms with Crippen molar-refractivity contribution in [1.82, 2.24) is 0 Å². The van der Waals surface area contributed by atoms with Crippen LogP contribution in [-0.2, 0) is 9.53 Å². The molecule has 0 rings (SSSR count). The molecule has 0 aromatic carbocycles. The molecule has 184 valence electrons. The van der Waals surface area contributed by atoms with Crippen LogP contribution in [0.25, 0.3) is 0 Å². The molecule has 0 aromatic rings. The van der Waals surface area contributed by atoms with E-state index in [4.69, 9.17) is 0 Å². The maximum Gasteiger partial charge on any atom is 0.467 e. The van der Waals surface area contributed by atoms with Crippen LogP contribution in [0.3, 0.4) is 0 Å². The Kier molecular flexibility index (Phi) is 6.81. The molecule has 0 saturated heterocycles. The van der Waals surface area contributed by atoms with Crippen LogP contribution in [0.2, 0.25) is 0 Å². The molecule has 0 aliphatic heterocycles. The number of carbonyl (C=O) groups is 1. The third kappa shape index (κ3) is 3.87. The van der Waals surface area contributed by atoms with E-state index >= 15 is 0 Å². The van der Waals surface area contributed by atoms with Crippen molar-refractivity contribution < 1.29 is 84.2 Å². The highest BCUT2D eigenvalue weighted by molar-refractivity contribution is 5.87. The molecule has 0 amide bonds. The van der Waals surface area contributed by atoms with Gasteiger partial charge in [0.05, 0.1) is 0 Å². The van der Waals surface area contributed by atoms with Crippen LogP contribution in [0.1, 0.15) is 6.92 Å². The number of ether oxygens (including phenoxy) is 1. The molecule has 2 nitrogen and oxygen atoms in total. The van der Waals surface area contributed by atoms with Gasteiger partial charge in [-0.25, -0.2) is 4.79 Å². The highest BCUT2D eigenvalue weighted by Gasteiger charge is 2.96. The highest BCUT2D eigenvalue weighted by Crippen LogP contribution is 2.64. The summed E-state index contributed by atoms with van der Waals surface area (Å²) in [7, 11) is 0. The topological polar surface area (TPSA) is 26.3 Å². The van der Waals surface area contributed by atoms with Crippen LogP contribution < -0.4 is 0 Å². The Hall–Kier alpha value is -1.98. The van der Waals surface area contributed by atoms with Crippen LogP contribution in [0.15, 0.2) is 12.2 Å². The minimum Gasteiger partial charge on any atom is -0.411 e. The van der Waals surface area contributed by atoms with Crippen molar-refractivity contribution in [3.05, 3.63) is 12.2 Å². The third-order valence-electron chi connectivity index (χ3n) is 3.28. The second-order valence-corrected chi connectivity index (χ2v) is 5.63. The Bertz CT molecular complexity index is 716. The lowest BCUT2D eigenvalue weighted by Crippen LogP contribution is -2.75. The first-order valence-corrected chi connectivity index (χ1v) is 6.68. The number of hydrogen-bond donors (Lipinski definition) is 0. The normalized spacial score (nSPS) is 17.2. The predicted octanol–water partition coefficient (Wildman–Crippen LogP) is 6.07. The predicted molar refractivity (Wildman–Crippen MR) is 61.6 cm³/mol. The average Bonchev–Trinajstić information content (AvgIpc) is 2.51. The quantitative estimate of drug-likeness (QED) is 0.239. The summed E-state index contributed by atoms with van der Waals surface area (Å²) in [6.07, 6.45) is -15.5. The Labute approximate surface area is 158 Å². The minimum absolute atomic E-state index is 0.266. The first-order chi connectivity index (χ1) is 13.1. The van der Waals surface area contributed by atoms with Gasteiger partial charge in [0, 0.05) is 5.57 Å². The molecule has 0 aromatic heterocycles. The summed E-state index contributed by atoms with van der Waals surface area (Å²) in [4.78, 5) is 10.9. The Morgan fingerprint density at radius 3 is 1.10 bits per heavy atom. The lowest BCUT2D eigenvalue weighted by atomic mass is 9.90. The van der Waals surface area contributed by atoms with Crippen LogP contribution in [0, 0.1) is 0 Å². The maximum absolute atomic E-state index is 13.8. The molecule has 0 radical (unpaired) electrons. The summed E-state index contributed by atoms with van der Waals surface area (Å²) < 4.78 is 222. The highest BCUT2D eigenvalue weighted by atomic mass is 19.4. The molecule has 19 heteroatoms. The molecular weight excluding hydrogens is 499 g/mol. The van der Waals surface area contributed by atoms with Gasteiger partial charge in [-0.15, -0.1) is 0 Å². The van der Waals surface area contributed by atoms with Gasteiger partial charge in [-0.2, -0.15) is 74.6 Å². The van der Waals surface area contributed by atoms with E-state index in [9.17, 15) is 79.4 Å². The maximum atomic E-state index is 13.8. The molecule has 0 aliphatic rings. The lowest BCUT2D eigenvalue weighted by molar-refractivity contribution is -0.477. The second-order valence-electron chi connectivity index (χ2n) is 5.63. The largest absolute Gasteiger partial charge is 0.467 e. The van der Waals surface area contributed by atoms with E-state index in [2.05, 4.69) is 11.3 Å². The van der Waals surface area contributed by atoms with Crippen molar-refractivity contribution in [2.75, 3.05) is 0 Å². The van der Waals surface area contributed by atoms with Gasteiger partial charge in [-0.3, -0.25) is 0 Å². The number of hydrogen-bond acceptors (Lipinski definition) is 2. The SMILES string of the molecule is C=C(C)C(=O)OC(F)(C(F)(F)F)C(F)(F)C(F)(F)C(F)(F)C(F)(F)C(F)(F)C(F)(F)F. The van der Waals surface area contributed by atoms with Gasteiger partial charge >= 0.3 is 53.8 Å². The average molecular weight is 504 g/mol. The monoisotopic (exact) mass is 504 g/mol. The van der Waals surface area contributed by atoms with E-state index in [1.54, 1.807) is 0 Å². The van der Waals surface area contributed by atoms with Crippen LogP contribution in [0.5, 0.6) is 0 Å². The summed E-state index contributed by atoms with van der Waals surface area (Å²) in [5, 5.41) is 0. The van der Waals surface area contributed by atoms with Crippen molar-refractivity contribution >= 4 is 5.97 Å². The molecule has 1 unspecified atom stereocenters. The third-order valence-corrected chi connectivity index (χ3v) is 3.28. The number of esters is 1. The molecule has 1 atom stereocenters. The number of halogens is 17. The fraction of sp³-hybridized carbons (Fsp3) is 0.750. The van der Waals surface area contributed by atoms with Crippen LogP contribution >= 0.6 is 0 Å². The Balaban J connectivity index is 6.97. The van der Waals surface area contributed by atoms with Crippen molar-refractivity contribution in [3.63, 3.8) is 0 Å². The molecule has 31 heavy (non-hydrogen) atoms. The Morgan fingerprint density at radius 2 is 0.839 bits per heavy atom. The minimum atomic E-state index is -8.72. The van der Waals surface area contributed by atoms with Gasteiger partial charge < -0.3 is 4.74 Å². The van der Waals surface area contributed by atoms with E-state index in [-0.39, 0.29) is 6.92 Å². The molecule has 0 N–H and O–H groups in total. The molecule has 0 fully saturated rings. The van der Waals surface area contributed by atoms with E-state index in [1.165, 1.54) is 0 Å². The van der Waals surface area contributed by atoms with Crippen molar-refractivity contribution in [2.45, 2.75) is 54.7 Å². The van der Waals surface area contributed by atoms with E-state index in [1.807, 2.05) is 0 Å². The van der Waals surface area contributed by atoms with Crippen molar-refractivity contribution in [3.8, 4) is 0 Å². The van der Waals surface area contributed by atoms with Gasteiger partial charge in [0.15, 0.2) is 0 Å². The van der Waals surface area contributed by atoms with Gasteiger partial charge in [-0.05, 0) is 6.92 Å². The van der Waals surface area contributed by atoms with Gasteiger partial charge in [-0.1, -0.05) is 6.58 Å². The van der Waals surface area contributed by atoms with Crippen molar-refractivity contribution in [2.24, 2.45) is 0 Å². The molecule has 0 saturated carbocycles. The zero-order chi connectivity index (χ0) is 25.9. The van der Waals surface area contributed by atoms with Gasteiger partial charge in [0.25, 0.3) is 0 Å².